The van der Waals surface area contributed by atoms with E-state index in [1.165, 1.54) is 24.8 Å². The maximum atomic E-state index is 11.7. The summed E-state index contributed by atoms with van der Waals surface area (Å²) in [5.41, 5.74) is 1.44. The first-order valence-corrected chi connectivity index (χ1v) is 9.34. The van der Waals surface area contributed by atoms with Crippen molar-refractivity contribution in [3.05, 3.63) is 23.8 Å². The van der Waals surface area contributed by atoms with Gasteiger partial charge >= 0.3 is 0 Å². The zero-order chi connectivity index (χ0) is 14.8. The fraction of sp³-hybridized carbons (Fsp3) is 0.722. The molecule has 3 heteroatoms. The predicted octanol–water partition coefficient (Wildman–Crippen LogP) is 3.82. The molecule has 3 fully saturated rings. The van der Waals surface area contributed by atoms with E-state index in [1.807, 2.05) is 6.08 Å². The largest absolute Gasteiger partial charge is 0.392 e. The van der Waals surface area contributed by atoms with Gasteiger partial charge in [-0.25, -0.2) is 0 Å². The minimum absolute atomic E-state index is 0.0857. The molecule has 2 nitrogen and oxygen atoms in total. The topological polar surface area (TPSA) is 37.3 Å². The van der Waals surface area contributed by atoms with Crippen molar-refractivity contribution >= 4 is 28.4 Å². The summed E-state index contributed by atoms with van der Waals surface area (Å²) in [6.07, 6.45) is 12.5. The van der Waals surface area contributed by atoms with Crippen LogP contribution in [-0.4, -0.2) is 20.4 Å². The van der Waals surface area contributed by atoms with Crippen LogP contribution in [0.4, 0.5) is 0 Å². The Labute approximate surface area is 140 Å². The summed E-state index contributed by atoms with van der Waals surface area (Å²) in [7, 11) is 0. The average molecular weight is 398 g/mol. The highest BCUT2D eigenvalue weighted by molar-refractivity contribution is 14.1. The summed E-state index contributed by atoms with van der Waals surface area (Å²) in [6, 6.07) is 0. The molecule has 1 N–H and O–H groups in total. The highest BCUT2D eigenvalue weighted by Crippen LogP contribution is 2.63. The van der Waals surface area contributed by atoms with E-state index in [4.69, 9.17) is 0 Å². The van der Waals surface area contributed by atoms with Crippen molar-refractivity contribution in [2.45, 2.75) is 55.0 Å². The Bertz CT molecular complexity index is 551. The second kappa shape index (κ2) is 4.67. The molecule has 0 aromatic carbocycles. The molecule has 0 aromatic rings. The lowest BCUT2D eigenvalue weighted by Crippen LogP contribution is -2.52. The monoisotopic (exact) mass is 398 g/mol. The van der Waals surface area contributed by atoms with Crippen LogP contribution >= 0.6 is 22.6 Å². The summed E-state index contributed by atoms with van der Waals surface area (Å²) < 4.78 is 0.116. The van der Waals surface area contributed by atoms with E-state index in [-0.39, 0.29) is 20.7 Å². The fourth-order valence-electron chi connectivity index (χ4n) is 5.77. The molecule has 0 saturated heterocycles. The van der Waals surface area contributed by atoms with Crippen molar-refractivity contribution in [2.24, 2.45) is 23.2 Å². The minimum atomic E-state index is -0.114. The first-order chi connectivity index (χ1) is 9.95. The molecule has 5 unspecified atom stereocenters. The van der Waals surface area contributed by atoms with Gasteiger partial charge in [0.05, 0.1) is 9.53 Å². The molecular formula is C18H23IO2. The maximum absolute atomic E-state index is 11.7. The third-order valence-corrected chi connectivity index (χ3v) is 8.97. The van der Waals surface area contributed by atoms with Crippen molar-refractivity contribution in [1.82, 2.24) is 0 Å². The number of allylic oxidation sites excluding steroid dienone is 4. The zero-order valence-corrected chi connectivity index (χ0v) is 14.7. The maximum Gasteiger partial charge on any atom is 0.178 e. The Hall–Kier alpha value is -0.160. The van der Waals surface area contributed by atoms with E-state index < -0.39 is 0 Å². The summed E-state index contributed by atoms with van der Waals surface area (Å²) in [5.74, 6) is 2.19. The molecule has 0 amide bonds. The van der Waals surface area contributed by atoms with Gasteiger partial charge in [0.15, 0.2) is 5.78 Å². The number of hydrogen-bond acceptors (Lipinski definition) is 2. The number of alkyl halides is 1. The molecule has 0 bridgehead atoms. The first-order valence-electron chi connectivity index (χ1n) is 8.26. The molecule has 6 atom stereocenters. The summed E-state index contributed by atoms with van der Waals surface area (Å²) in [6.45, 7) is 2.34. The van der Waals surface area contributed by atoms with Crippen LogP contribution in [0.15, 0.2) is 23.8 Å². The molecule has 0 spiro atoms. The lowest BCUT2D eigenvalue weighted by atomic mass is 9.51. The van der Waals surface area contributed by atoms with Crippen LogP contribution in [0, 0.1) is 23.2 Å². The first kappa shape index (κ1) is 14.4. The molecule has 0 heterocycles. The molecule has 4 aliphatic carbocycles. The predicted molar refractivity (Wildman–Crippen MR) is 91.3 cm³/mol. The molecule has 3 saturated carbocycles. The summed E-state index contributed by atoms with van der Waals surface area (Å²) in [4.78, 5) is 11.7. The van der Waals surface area contributed by atoms with Crippen molar-refractivity contribution < 1.29 is 9.90 Å². The number of carbonyl (C=O) groups excluding carboxylic acids is 1. The second-order valence-electron chi connectivity index (χ2n) is 7.66. The minimum Gasteiger partial charge on any atom is -0.392 e. The Morgan fingerprint density at radius 2 is 2.05 bits per heavy atom. The standard InChI is InChI=1S/C18H23IO2/c1-17-8-6-12(20)10-11(17)2-3-13-14(17)7-9-18(19)15(13)4-5-16(18)21/h6,8,10,13-16,21H,2-5,7,9H2,1H3/t13?,14?,15?,16?,17?,18-/m1/s1. The number of ketones is 1. The van der Waals surface area contributed by atoms with Crippen LogP contribution in [0.3, 0.4) is 0 Å². The molecule has 114 valence electrons. The fourth-order valence-corrected chi connectivity index (χ4v) is 7.16. The Morgan fingerprint density at radius 3 is 2.86 bits per heavy atom. The van der Waals surface area contributed by atoms with Crippen LogP contribution in [0.25, 0.3) is 0 Å². The molecule has 4 aliphatic rings. The van der Waals surface area contributed by atoms with Gasteiger partial charge in [-0.1, -0.05) is 41.2 Å². The lowest BCUT2D eigenvalue weighted by molar-refractivity contribution is -0.110. The van der Waals surface area contributed by atoms with Gasteiger partial charge in [0.1, 0.15) is 0 Å². The van der Waals surface area contributed by atoms with Gasteiger partial charge in [-0.15, -0.1) is 0 Å². The Balaban J connectivity index is 1.70. The van der Waals surface area contributed by atoms with E-state index in [9.17, 15) is 9.90 Å². The third kappa shape index (κ3) is 1.89. The molecule has 0 radical (unpaired) electrons. The number of hydrogen-bond donors (Lipinski definition) is 1. The molecular weight excluding hydrogens is 375 g/mol. The highest BCUT2D eigenvalue weighted by atomic mass is 127. The van der Waals surface area contributed by atoms with E-state index in [0.717, 1.165) is 19.3 Å². The average Bonchev–Trinajstić information content (AvgIpc) is 2.76. The van der Waals surface area contributed by atoms with Gasteiger partial charge in [0.25, 0.3) is 0 Å². The van der Waals surface area contributed by atoms with E-state index >= 15 is 0 Å². The molecule has 0 aliphatic heterocycles. The van der Waals surface area contributed by atoms with E-state index in [1.54, 1.807) is 6.08 Å². The van der Waals surface area contributed by atoms with Crippen LogP contribution in [0.5, 0.6) is 0 Å². The number of carbonyl (C=O) groups is 1. The van der Waals surface area contributed by atoms with Crippen LogP contribution < -0.4 is 0 Å². The molecule has 4 rings (SSSR count). The number of rotatable bonds is 0. The molecule has 0 aromatic heterocycles. The van der Waals surface area contributed by atoms with Gasteiger partial charge < -0.3 is 5.11 Å². The van der Waals surface area contributed by atoms with Crippen LogP contribution in [0.1, 0.15) is 45.4 Å². The van der Waals surface area contributed by atoms with Crippen molar-refractivity contribution in [3.63, 3.8) is 0 Å². The number of halogens is 1. The van der Waals surface area contributed by atoms with Crippen molar-refractivity contribution in [1.29, 1.82) is 0 Å². The number of aliphatic hydroxyl groups excluding tert-OH is 1. The van der Waals surface area contributed by atoms with Gasteiger partial charge in [0.2, 0.25) is 0 Å². The SMILES string of the molecule is CC12C=CC(=O)C=C1CCC1C2CC[C@]2(I)C(O)CCC12. The van der Waals surface area contributed by atoms with Crippen molar-refractivity contribution in [2.75, 3.05) is 0 Å². The zero-order valence-electron chi connectivity index (χ0n) is 12.5. The van der Waals surface area contributed by atoms with Gasteiger partial charge in [-0.2, -0.15) is 0 Å². The lowest BCUT2D eigenvalue weighted by Gasteiger charge is -2.55. The van der Waals surface area contributed by atoms with Crippen molar-refractivity contribution in [3.8, 4) is 0 Å². The molecule has 21 heavy (non-hydrogen) atoms. The van der Waals surface area contributed by atoms with Gasteiger partial charge in [-0.05, 0) is 68.4 Å². The Kier molecular flexibility index (Phi) is 3.21. The normalized spacial score (nSPS) is 52.0. The second-order valence-corrected chi connectivity index (χ2v) is 9.67. The van der Waals surface area contributed by atoms with E-state index in [0.29, 0.717) is 17.8 Å². The van der Waals surface area contributed by atoms with Crippen LogP contribution in [-0.2, 0) is 4.79 Å². The van der Waals surface area contributed by atoms with Crippen LogP contribution in [0.2, 0.25) is 0 Å². The number of fused-ring (bicyclic) bond motifs is 5. The van der Waals surface area contributed by atoms with Gasteiger partial charge in [0, 0.05) is 5.41 Å². The summed E-state index contributed by atoms with van der Waals surface area (Å²) >= 11 is 2.58. The highest BCUT2D eigenvalue weighted by Gasteiger charge is 2.59. The van der Waals surface area contributed by atoms with E-state index in [2.05, 4.69) is 35.6 Å². The Morgan fingerprint density at radius 1 is 1.24 bits per heavy atom. The van der Waals surface area contributed by atoms with Gasteiger partial charge in [-0.3, -0.25) is 4.79 Å². The quantitative estimate of drug-likeness (QED) is 0.498. The third-order valence-electron chi connectivity index (χ3n) is 6.91. The number of aliphatic hydroxyl groups is 1. The summed E-state index contributed by atoms with van der Waals surface area (Å²) in [5, 5.41) is 10.4. The smallest absolute Gasteiger partial charge is 0.178 e.